The van der Waals surface area contributed by atoms with Crippen LogP contribution < -0.4 is 15.4 Å². The molecule has 1 aromatic rings. The van der Waals surface area contributed by atoms with Crippen molar-refractivity contribution in [2.24, 2.45) is 0 Å². The van der Waals surface area contributed by atoms with Crippen molar-refractivity contribution < 1.29 is 27.5 Å². The smallest absolute Gasteiger partial charge is 0.406 e. The van der Waals surface area contributed by atoms with E-state index < -0.39 is 12.0 Å². The number of carbonyl (C=O) groups excluding carboxylic acids is 2. The first-order valence-electron chi connectivity index (χ1n) is 8.95. The van der Waals surface area contributed by atoms with Gasteiger partial charge >= 0.3 is 6.36 Å². The second kappa shape index (κ2) is 8.20. The van der Waals surface area contributed by atoms with E-state index in [4.69, 9.17) is 0 Å². The summed E-state index contributed by atoms with van der Waals surface area (Å²) in [6.07, 6.45) is -0.859. The van der Waals surface area contributed by atoms with Crippen LogP contribution in [0.4, 0.5) is 13.2 Å². The Bertz CT molecular complexity index is 719. The highest BCUT2D eigenvalue weighted by Gasteiger charge is 2.45. The number of hydrogen-bond donors (Lipinski definition) is 2. The highest BCUT2D eigenvalue weighted by Crippen LogP contribution is 2.27. The molecule has 2 aliphatic rings. The van der Waals surface area contributed by atoms with Crippen LogP contribution in [0.1, 0.15) is 29.6 Å². The molecule has 0 saturated carbocycles. The summed E-state index contributed by atoms with van der Waals surface area (Å²) in [4.78, 5) is 26.4. The average molecular weight is 417 g/mol. The molecule has 28 heavy (non-hydrogen) atoms. The Morgan fingerprint density at radius 1 is 1.29 bits per heavy atom. The van der Waals surface area contributed by atoms with Gasteiger partial charge in [-0.15, -0.1) is 13.2 Å². The van der Waals surface area contributed by atoms with Crippen molar-refractivity contribution in [1.82, 2.24) is 15.5 Å². The minimum absolute atomic E-state index is 0.00548. The molecule has 1 unspecified atom stereocenters. The molecule has 2 heterocycles. The number of amides is 2. The monoisotopic (exact) mass is 417 g/mol. The van der Waals surface area contributed by atoms with Gasteiger partial charge in [-0.3, -0.25) is 14.9 Å². The number of thioether (sulfide) groups is 1. The zero-order chi connectivity index (χ0) is 20.4. The number of nitrogens with one attached hydrogen (secondary N) is 2. The second-order valence-electron chi connectivity index (χ2n) is 6.91. The summed E-state index contributed by atoms with van der Waals surface area (Å²) in [6, 6.07) is 4.68. The van der Waals surface area contributed by atoms with Gasteiger partial charge in [0.25, 0.3) is 5.91 Å². The molecule has 2 aliphatic heterocycles. The van der Waals surface area contributed by atoms with E-state index in [1.165, 1.54) is 12.1 Å². The molecule has 2 saturated heterocycles. The number of likely N-dealkylation sites (tertiary alicyclic amines) is 1. The van der Waals surface area contributed by atoms with E-state index in [9.17, 15) is 22.8 Å². The van der Waals surface area contributed by atoms with Crippen LogP contribution in [-0.2, 0) is 4.79 Å². The third-order valence-corrected chi connectivity index (χ3v) is 5.62. The number of carbonyl (C=O) groups is 2. The minimum atomic E-state index is -4.76. The highest BCUT2D eigenvalue weighted by molar-refractivity contribution is 7.98. The fraction of sp³-hybridized carbons (Fsp3) is 0.556. The van der Waals surface area contributed by atoms with Gasteiger partial charge in [0.05, 0.1) is 11.7 Å². The van der Waals surface area contributed by atoms with E-state index in [0.29, 0.717) is 31.5 Å². The Morgan fingerprint density at radius 2 is 1.93 bits per heavy atom. The third-order valence-electron chi connectivity index (χ3n) is 4.98. The highest BCUT2D eigenvalue weighted by atomic mass is 32.2. The van der Waals surface area contributed by atoms with Crippen molar-refractivity contribution in [3.8, 4) is 5.75 Å². The van der Waals surface area contributed by atoms with E-state index in [-0.39, 0.29) is 23.6 Å². The number of nitrogens with zero attached hydrogens (tertiary/aromatic N) is 1. The lowest BCUT2D eigenvalue weighted by molar-refractivity contribution is -0.274. The van der Waals surface area contributed by atoms with Crippen molar-refractivity contribution in [2.45, 2.75) is 37.3 Å². The van der Waals surface area contributed by atoms with Crippen LogP contribution in [0, 0.1) is 0 Å². The fourth-order valence-electron chi connectivity index (χ4n) is 3.54. The molecule has 3 rings (SSSR count). The molecule has 6 nitrogen and oxygen atoms in total. The molecular weight excluding hydrogens is 395 g/mol. The fourth-order valence-corrected chi connectivity index (χ4v) is 4.01. The van der Waals surface area contributed by atoms with Crippen molar-refractivity contribution >= 4 is 23.6 Å². The van der Waals surface area contributed by atoms with Gasteiger partial charge in [-0.1, -0.05) is 0 Å². The van der Waals surface area contributed by atoms with Gasteiger partial charge < -0.3 is 15.0 Å². The van der Waals surface area contributed by atoms with Crippen molar-refractivity contribution in [1.29, 1.82) is 0 Å². The summed E-state index contributed by atoms with van der Waals surface area (Å²) in [6.45, 7) is 0.893. The Hall–Kier alpha value is -1.94. The molecule has 0 radical (unpaired) electrons. The first-order chi connectivity index (χ1) is 13.2. The lowest BCUT2D eigenvalue weighted by atomic mass is 9.97. The SMILES string of the molecule is CSCCC1NC2(CCN(C(=O)c3ccc(OC(F)(F)F)cc3)CC2)NC1=O. The molecule has 0 aliphatic carbocycles. The van der Waals surface area contributed by atoms with Gasteiger partial charge in [0.1, 0.15) is 5.75 Å². The summed E-state index contributed by atoms with van der Waals surface area (Å²) in [7, 11) is 0. The van der Waals surface area contributed by atoms with Gasteiger partial charge in [-0.2, -0.15) is 11.8 Å². The Labute approximate surface area is 165 Å². The average Bonchev–Trinajstić information content (AvgIpc) is 2.94. The van der Waals surface area contributed by atoms with Crippen LogP contribution in [0.5, 0.6) is 5.75 Å². The van der Waals surface area contributed by atoms with Crippen molar-refractivity contribution in [3.63, 3.8) is 0 Å². The standard InChI is InChI=1S/C18H22F3N3O3S/c1-28-11-6-14-15(25)23-17(22-14)7-9-24(10-8-17)16(26)12-2-4-13(5-3-12)27-18(19,20)21/h2-5,14,22H,6-11H2,1H3,(H,23,25). The predicted molar refractivity (Wildman–Crippen MR) is 99.1 cm³/mol. The first-order valence-corrected chi connectivity index (χ1v) is 10.3. The molecule has 2 N–H and O–H groups in total. The minimum Gasteiger partial charge on any atom is -0.406 e. The number of hydrogen-bond acceptors (Lipinski definition) is 5. The van der Waals surface area contributed by atoms with Crippen LogP contribution in [0.25, 0.3) is 0 Å². The first kappa shape index (κ1) is 20.8. The van der Waals surface area contributed by atoms with Gasteiger partial charge in [0.2, 0.25) is 5.91 Å². The van der Waals surface area contributed by atoms with Crippen LogP contribution in [0.15, 0.2) is 24.3 Å². The summed E-state index contributed by atoms with van der Waals surface area (Å²) >= 11 is 1.69. The molecule has 1 spiro atoms. The van der Waals surface area contributed by atoms with E-state index in [2.05, 4.69) is 15.4 Å². The maximum atomic E-state index is 12.6. The lowest BCUT2D eigenvalue weighted by Crippen LogP contribution is -2.58. The molecule has 0 aromatic heterocycles. The van der Waals surface area contributed by atoms with Gasteiger partial charge in [-0.05, 0) is 42.7 Å². The molecule has 2 amide bonds. The van der Waals surface area contributed by atoms with E-state index in [1.807, 2.05) is 6.26 Å². The van der Waals surface area contributed by atoms with Gasteiger partial charge in [0.15, 0.2) is 0 Å². The molecular formula is C18H22F3N3O3S. The molecule has 154 valence electrons. The second-order valence-corrected chi connectivity index (χ2v) is 7.90. The Balaban J connectivity index is 1.56. The predicted octanol–water partition coefficient (Wildman–Crippen LogP) is 2.36. The van der Waals surface area contributed by atoms with Gasteiger partial charge in [0, 0.05) is 31.5 Å². The lowest BCUT2D eigenvalue weighted by Gasteiger charge is -2.39. The summed E-state index contributed by atoms with van der Waals surface area (Å²) < 4.78 is 40.5. The topological polar surface area (TPSA) is 70.7 Å². The van der Waals surface area contributed by atoms with E-state index in [0.717, 1.165) is 24.3 Å². The molecule has 1 atom stereocenters. The Kier molecular flexibility index (Phi) is 6.09. The number of alkyl halides is 3. The van der Waals surface area contributed by atoms with E-state index in [1.54, 1.807) is 16.7 Å². The zero-order valence-electron chi connectivity index (χ0n) is 15.3. The summed E-state index contributed by atoms with van der Waals surface area (Å²) in [5.74, 6) is 0.265. The zero-order valence-corrected chi connectivity index (χ0v) is 16.2. The number of benzene rings is 1. The van der Waals surface area contributed by atoms with Gasteiger partial charge in [-0.25, -0.2) is 0 Å². The summed E-state index contributed by atoms with van der Waals surface area (Å²) in [5, 5.41) is 6.42. The molecule has 2 fully saturated rings. The molecule has 0 bridgehead atoms. The molecule has 10 heteroatoms. The Morgan fingerprint density at radius 3 is 2.50 bits per heavy atom. The third kappa shape index (κ3) is 4.91. The van der Waals surface area contributed by atoms with Crippen LogP contribution in [0.2, 0.25) is 0 Å². The largest absolute Gasteiger partial charge is 0.573 e. The van der Waals surface area contributed by atoms with Crippen molar-refractivity contribution in [3.05, 3.63) is 29.8 Å². The van der Waals surface area contributed by atoms with Crippen LogP contribution >= 0.6 is 11.8 Å². The van der Waals surface area contributed by atoms with Crippen molar-refractivity contribution in [2.75, 3.05) is 25.1 Å². The van der Waals surface area contributed by atoms with Crippen LogP contribution in [0.3, 0.4) is 0 Å². The normalized spacial score (nSPS) is 21.6. The maximum Gasteiger partial charge on any atom is 0.573 e. The molecule has 1 aromatic carbocycles. The maximum absolute atomic E-state index is 12.6. The number of piperidine rings is 1. The van der Waals surface area contributed by atoms with Crippen LogP contribution in [-0.4, -0.2) is 59.9 Å². The summed E-state index contributed by atoms with van der Waals surface area (Å²) in [5.41, 5.74) is -0.187. The number of ether oxygens (including phenoxy) is 1. The number of halogens is 3. The quantitative estimate of drug-likeness (QED) is 0.770. The number of rotatable bonds is 5. The van der Waals surface area contributed by atoms with E-state index >= 15 is 0 Å².